The van der Waals surface area contributed by atoms with Gasteiger partial charge in [-0.2, -0.15) is 0 Å². The number of carboxylic acids is 1. The van der Waals surface area contributed by atoms with Crippen molar-refractivity contribution in [3.8, 4) is 0 Å². The van der Waals surface area contributed by atoms with Crippen LogP contribution < -0.4 is 5.73 Å². The fraction of sp³-hybridized carbons (Fsp3) is 0.312. The Morgan fingerprint density at radius 2 is 2.09 bits per heavy atom. The van der Waals surface area contributed by atoms with Crippen LogP contribution in [0.25, 0.3) is 0 Å². The molecule has 0 amide bonds. The highest BCUT2D eigenvalue weighted by molar-refractivity contribution is 8.01. The molecule has 3 N–H and O–H groups in total. The molecule has 0 saturated heterocycles. The van der Waals surface area contributed by atoms with E-state index in [2.05, 4.69) is 4.98 Å². The van der Waals surface area contributed by atoms with Crippen LogP contribution in [0.3, 0.4) is 0 Å². The van der Waals surface area contributed by atoms with Crippen molar-refractivity contribution in [3.05, 3.63) is 47.4 Å². The van der Waals surface area contributed by atoms with Crippen molar-refractivity contribution < 1.29 is 14.7 Å². The van der Waals surface area contributed by atoms with Crippen LogP contribution in [0.2, 0.25) is 0 Å². The molecule has 2 aromatic rings. The molecule has 2 heterocycles. The quantitative estimate of drug-likeness (QED) is 0.834. The molecule has 3 rings (SSSR count). The Morgan fingerprint density at radius 3 is 2.65 bits per heavy atom. The second kappa shape index (κ2) is 5.50. The number of aromatic nitrogens is 2. The zero-order valence-corrected chi connectivity index (χ0v) is 13.6. The molecule has 1 aliphatic heterocycles. The summed E-state index contributed by atoms with van der Waals surface area (Å²) in [6.45, 7) is 3.69. The summed E-state index contributed by atoms with van der Waals surface area (Å²) in [6.07, 6.45) is 0.653. The minimum atomic E-state index is -0.961. The molecule has 1 aromatic heterocycles. The van der Waals surface area contributed by atoms with E-state index in [0.29, 0.717) is 17.1 Å². The van der Waals surface area contributed by atoms with Gasteiger partial charge in [-0.05, 0) is 19.4 Å². The third kappa shape index (κ3) is 2.46. The lowest BCUT2D eigenvalue weighted by Gasteiger charge is -2.25. The number of nitrogens with two attached hydrogens (primary N) is 1. The molecule has 0 bridgehead atoms. The number of hydrogen-bond acceptors (Lipinski definition) is 5. The van der Waals surface area contributed by atoms with Gasteiger partial charge in [-0.3, -0.25) is 4.79 Å². The van der Waals surface area contributed by atoms with Crippen LogP contribution in [-0.2, 0) is 4.79 Å². The number of carbonyl (C=O) groups excluding carboxylic acids is 1. The van der Waals surface area contributed by atoms with Crippen molar-refractivity contribution in [1.29, 1.82) is 0 Å². The van der Waals surface area contributed by atoms with E-state index in [4.69, 9.17) is 5.73 Å². The van der Waals surface area contributed by atoms with Crippen molar-refractivity contribution in [2.45, 2.75) is 35.7 Å². The molecule has 0 radical (unpaired) electrons. The van der Waals surface area contributed by atoms with Crippen LogP contribution >= 0.6 is 11.8 Å². The van der Waals surface area contributed by atoms with Crippen molar-refractivity contribution in [2.24, 2.45) is 5.73 Å². The summed E-state index contributed by atoms with van der Waals surface area (Å²) in [5.74, 6) is -0.559. The first-order chi connectivity index (χ1) is 10.9. The second-order valence-electron chi connectivity index (χ2n) is 5.98. The molecular weight excluding hydrogens is 314 g/mol. The summed E-state index contributed by atoms with van der Waals surface area (Å²) in [5.41, 5.74) is 7.37. The normalized spacial score (nSPS) is 20.0. The molecule has 0 saturated carbocycles. The number of aldehydes is 1. The number of thioether (sulfide) groups is 1. The van der Waals surface area contributed by atoms with Gasteiger partial charge in [-0.15, -0.1) is 0 Å². The summed E-state index contributed by atoms with van der Waals surface area (Å²) in [5, 5.41) is 10.2. The van der Waals surface area contributed by atoms with E-state index >= 15 is 0 Å². The van der Waals surface area contributed by atoms with Crippen molar-refractivity contribution >= 4 is 24.0 Å². The highest BCUT2D eigenvalue weighted by Crippen LogP contribution is 2.51. The van der Waals surface area contributed by atoms with Gasteiger partial charge in [-0.1, -0.05) is 42.1 Å². The number of nitrogens with zero attached hydrogens (tertiary/aromatic N) is 2. The zero-order valence-electron chi connectivity index (χ0n) is 12.8. The fourth-order valence-electron chi connectivity index (χ4n) is 2.93. The van der Waals surface area contributed by atoms with Gasteiger partial charge >= 0.3 is 5.97 Å². The van der Waals surface area contributed by atoms with E-state index in [-0.39, 0.29) is 5.69 Å². The SMILES string of the molecule is CC1(C)Sc2c(C=O)nc(C(N)c3ccccc3)n2C1C(=O)O. The fourth-order valence-corrected chi connectivity index (χ4v) is 4.24. The molecule has 2 unspecified atom stereocenters. The first-order valence-corrected chi connectivity index (χ1v) is 7.98. The maximum absolute atomic E-state index is 11.8. The molecule has 120 valence electrons. The van der Waals surface area contributed by atoms with E-state index < -0.39 is 22.8 Å². The number of rotatable bonds is 4. The van der Waals surface area contributed by atoms with Gasteiger partial charge in [0, 0.05) is 4.75 Å². The van der Waals surface area contributed by atoms with Crippen LogP contribution in [-0.4, -0.2) is 31.7 Å². The molecule has 0 aliphatic carbocycles. The van der Waals surface area contributed by atoms with E-state index in [0.717, 1.165) is 5.56 Å². The molecular formula is C16H17N3O3S. The van der Waals surface area contributed by atoms with E-state index in [1.54, 1.807) is 4.57 Å². The number of aliphatic carboxylic acids is 1. The highest BCUT2D eigenvalue weighted by atomic mass is 32.2. The Labute approximate surface area is 137 Å². The predicted molar refractivity (Wildman–Crippen MR) is 86.7 cm³/mol. The molecule has 2 atom stereocenters. The number of carbonyl (C=O) groups is 2. The number of hydrogen-bond donors (Lipinski definition) is 2. The number of carboxylic acid groups (broad SMARTS) is 1. The Hall–Kier alpha value is -2.12. The topological polar surface area (TPSA) is 98.2 Å². The summed E-state index contributed by atoms with van der Waals surface area (Å²) >= 11 is 1.35. The van der Waals surface area contributed by atoms with Crippen molar-refractivity contribution in [2.75, 3.05) is 0 Å². The van der Waals surface area contributed by atoms with E-state index in [1.807, 2.05) is 44.2 Å². The molecule has 23 heavy (non-hydrogen) atoms. The van der Waals surface area contributed by atoms with Gasteiger partial charge < -0.3 is 15.4 Å². The summed E-state index contributed by atoms with van der Waals surface area (Å²) < 4.78 is 1.02. The van der Waals surface area contributed by atoms with Crippen LogP contribution in [0.4, 0.5) is 0 Å². The second-order valence-corrected chi connectivity index (χ2v) is 7.63. The summed E-state index contributed by atoms with van der Waals surface area (Å²) in [6, 6.07) is 7.88. The molecule has 1 aliphatic rings. The van der Waals surface area contributed by atoms with E-state index in [1.165, 1.54) is 11.8 Å². The lowest BCUT2D eigenvalue weighted by Crippen LogP contribution is -2.34. The number of fused-ring (bicyclic) bond motifs is 1. The minimum absolute atomic E-state index is 0.244. The van der Waals surface area contributed by atoms with Gasteiger partial charge in [0.1, 0.15) is 22.6 Å². The number of benzene rings is 1. The van der Waals surface area contributed by atoms with Crippen molar-refractivity contribution in [3.63, 3.8) is 0 Å². The zero-order chi connectivity index (χ0) is 16.8. The lowest BCUT2D eigenvalue weighted by atomic mass is 10.0. The van der Waals surface area contributed by atoms with Crippen LogP contribution in [0.5, 0.6) is 0 Å². The predicted octanol–water partition coefficient (Wildman–Crippen LogP) is 2.25. The smallest absolute Gasteiger partial charge is 0.328 e. The van der Waals surface area contributed by atoms with Gasteiger partial charge in [0.05, 0.1) is 6.04 Å². The molecule has 7 heteroatoms. The van der Waals surface area contributed by atoms with Crippen molar-refractivity contribution in [1.82, 2.24) is 9.55 Å². The Morgan fingerprint density at radius 1 is 1.43 bits per heavy atom. The maximum Gasteiger partial charge on any atom is 0.328 e. The third-order valence-electron chi connectivity index (χ3n) is 3.98. The summed E-state index contributed by atoms with van der Waals surface area (Å²) in [7, 11) is 0. The molecule has 0 fully saturated rings. The number of imidazole rings is 1. The van der Waals surface area contributed by atoms with Gasteiger partial charge in [-0.25, -0.2) is 9.78 Å². The highest BCUT2D eigenvalue weighted by Gasteiger charge is 2.48. The van der Waals surface area contributed by atoms with Crippen LogP contribution in [0, 0.1) is 0 Å². The summed E-state index contributed by atoms with van der Waals surface area (Å²) in [4.78, 5) is 27.5. The average Bonchev–Trinajstić information content (AvgIpc) is 2.98. The first kappa shape index (κ1) is 15.8. The maximum atomic E-state index is 11.8. The van der Waals surface area contributed by atoms with Gasteiger partial charge in [0.2, 0.25) is 0 Å². The lowest BCUT2D eigenvalue weighted by molar-refractivity contribution is -0.141. The first-order valence-electron chi connectivity index (χ1n) is 7.16. The van der Waals surface area contributed by atoms with Gasteiger partial charge in [0.25, 0.3) is 0 Å². The van der Waals surface area contributed by atoms with Crippen LogP contribution in [0.15, 0.2) is 35.4 Å². The molecule has 0 spiro atoms. The Bertz CT molecular complexity index is 770. The molecule has 6 nitrogen and oxygen atoms in total. The van der Waals surface area contributed by atoms with E-state index in [9.17, 15) is 14.7 Å². The van der Waals surface area contributed by atoms with Gasteiger partial charge in [0.15, 0.2) is 6.29 Å². The largest absolute Gasteiger partial charge is 0.480 e. The average molecular weight is 331 g/mol. The third-order valence-corrected chi connectivity index (χ3v) is 5.33. The molecule has 1 aromatic carbocycles. The standard InChI is InChI=1S/C16H17N3O3S/c1-16(2)12(15(21)22)19-13(18-10(8-20)14(19)23-16)11(17)9-6-4-3-5-7-9/h3-8,11-12H,17H2,1-2H3,(H,21,22). The monoisotopic (exact) mass is 331 g/mol. The van der Waals surface area contributed by atoms with Crippen LogP contribution in [0.1, 0.15) is 47.8 Å². The minimum Gasteiger partial charge on any atom is -0.480 e. The Balaban J connectivity index is 2.18. The Kier molecular flexibility index (Phi) is 3.77.